The molecule has 0 bridgehead atoms. The Morgan fingerprint density at radius 1 is 1.43 bits per heavy atom. The number of ketones is 2. The highest BCUT2D eigenvalue weighted by atomic mass is 16.3. The minimum Gasteiger partial charge on any atom is -0.504 e. The SMILES string of the molecule is C=C(C)C1CCC(C)(O)C=C1C1=C(O)C(=O)C(C)=CC1=O. The highest BCUT2D eigenvalue weighted by molar-refractivity contribution is 6.23. The number of carbonyl (C=O) groups excluding carboxylic acids is 2. The van der Waals surface area contributed by atoms with Gasteiger partial charge in [0.2, 0.25) is 5.78 Å². The molecule has 2 unspecified atom stereocenters. The fourth-order valence-electron chi connectivity index (χ4n) is 2.89. The molecule has 0 aliphatic heterocycles. The number of allylic oxidation sites excluding steroid dienone is 5. The molecular formula is C17H20O4. The average Bonchev–Trinajstić information content (AvgIpc) is 2.34. The molecule has 2 aliphatic rings. The number of hydrogen-bond donors (Lipinski definition) is 2. The van der Waals surface area contributed by atoms with E-state index in [1.807, 2.05) is 6.92 Å². The molecule has 4 nitrogen and oxygen atoms in total. The van der Waals surface area contributed by atoms with Gasteiger partial charge in [0.25, 0.3) is 0 Å². The monoisotopic (exact) mass is 288 g/mol. The lowest BCUT2D eigenvalue weighted by molar-refractivity contribution is -0.117. The van der Waals surface area contributed by atoms with Gasteiger partial charge >= 0.3 is 0 Å². The van der Waals surface area contributed by atoms with E-state index >= 15 is 0 Å². The first-order valence-corrected chi connectivity index (χ1v) is 6.95. The Hall–Kier alpha value is -1.94. The molecule has 2 atom stereocenters. The lowest BCUT2D eigenvalue weighted by atomic mass is 9.73. The van der Waals surface area contributed by atoms with Gasteiger partial charge in [0.1, 0.15) is 0 Å². The van der Waals surface area contributed by atoms with Gasteiger partial charge in [0.05, 0.1) is 11.2 Å². The second-order valence-electron chi connectivity index (χ2n) is 6.14. The second kappa shape index (κ2) is 5.11. The van der Waals surface area contributed by atoms with Crippen molar-refractivity contribution in [2.45, 2.75) is 39.2 Å². The highest BCUT2D eigenvalue weighted by Gasteiger charge is 2.36. The van der Waals surface area contributed by atoms with Crippen LogP contribution in [0.5, 0.6) is 0 Å². The summed E-state index contributed by atoms with van der Waals surface area (Å²) in [6, 6.07) is 0. The molecule has 0 amide bonds. The molecular weight excluding hydrogens is 268 g/mol. The van der Waals surface area contributed by atoms with Crippen LogP contribution in [0, 0.1) is 5.92 Å². The molecule has 2 aliphatic carbocycles. The Morgan fingerprint density at radius 2 is 2.05 bits per heavy atom. The third-order valence-electron chi connectivity index (χ3n) is 4.07. The van der Waals surface area contributed by atoms with Crippen molar-refractivity contribution in [3.05, 3.63) is 46.8 Å². The van der Waals surface area contributed by atoms with Crippen molar-refractivity contribution in [3.8, 4) is 0 Å². The molecule has 2 rings (SSSR count). The van der Waals surface area contributed by atoms with Crippen LogP contribution >= 0.6 is 0 Å². The lowest BCUT2D eigenvalue weighted by Crippen LogP contribution is -2.32. The van der Waals surface area contributed by atoms with Gasteiger partial charge in [-0.3, -0.25) is 9.59 Å². The summed E-state index contributed by atoms with van der Waals surface area (Å²) in [7, 11) is 0. The molecule has 21 heavy (non-hydrogen) atoms. The van der Waals surface area contributed by atoms with E-state index in [2.05, 4.69) is 6.58 Å². The Balaban J connectivity index is 2.61. The fourth-order valence-corrected chi connectivity index (χ4v) is 2.89. The number of rotatable bonds is 2. The predicted molar refractivity (Wildman–Crippen MR) is 79.7 cm³/mol. The van der Waals surface area contributed by atoms with E-state index in [0.29, 0.717) is 18.4 Å². The number of aliphatic hydroxyl groups is 2. The molecule has 0 radical (unpaired) electrons. The number of Topliss-reactive ketones (excluding diaryl/α,β-unsaturated/α-hetero) is 1. The van der Waals surface area contributed by atoms with Crippen LogP contribution in [-0.2, 0) is 9.59 Å². The number of carbonyl (C=O) groups is 2. The summed E-state index contributed by atoms with van der Waals surface area (Å²) < 4.78 is 0. The van der Waals surface area contributed by atoms with Gasteiger partial charge in [-0.05, 0) is 51.3 Å². The van der Waals surface area contributed by atoms with E-state index in [1.54, 1.807) is 13.0 Å². The molecule has 0 saturated heterocycles. The van der Waals surface area contributed by atoms with Crippen molar-refractivity contribution in [2.75, 3.05) is 0 Å². The van der Waals surface area contributed by atoms with Crippen molar-refractivity contribution in [3.63, 3.8) is 0 Å². The molecule has 0 aromatic rings. The van der Waals surface area contributed by atoms with E-state index in [-0.39, 0.29) is 17.1 Å². The average molecular weight is 288 g/mol. The van der Waals surface area contributed by atoms with E-state index in [4.69, 9.17) is 0 Å². The predicted octanol–water partition coefficient (Wildman–Crippen LogP) is 2.56. The van der Waals surface area contributed by atoms with Crippen LogP contribution < -0.4 is 0 Å². The smallest absolute Gasteiger partial charge is 0.223 e. The zero-order chi connectivity index (χ0) is 15.9. The topological polar surface area (TPSA) is 74.6 Å². The van der Waals surface area contributed by atoms with Gasteiger partial charge in [-0.2, -0.15) is 0 Å². The second-order valence-corrected chi connectivity index (χ2v) is 6.14. The maximum atomic E-state index is 12.2. The van der Waals surface area contributed by atoms with Crippen LogP contribution in [0.3, 0.4) is 0 Å². The summed E-state index contributed by atoms with van der Waals surface area (Å²) in [6.45, 7) is 8.90. The van der Waals surface area contributed by atoms with Crippen molar-refractivity contribution in [1.29, 1.82) is 0 Å². The van der Waals surface area contributed by atoms with Crippen LogP contribution in [0.4, 0.5) is 0 Å². The van der Waals surface area contributed by atoms with Crippen LogP contribution in [0.2, 0.25) is 0 Å². The van der Waals surface area contributed by atoms with Crippen molar-refractivity contribution in [2.24, 2.45) is 5.92 Å². The van der Waals surface area contributed by atoms with Crippen LogP contribution in [0.25, 0.3) is 0 Å². The maximum Gasteiger partial charge on any atom is 0.223 e. The van der Waals surface area contributed by atoms with Gasteiger partial charge in [-0.25, -0.2) is 0 Å². The number of aliphatic hydroxyl groups excluding tert-OH is 1. The molecule has 0 saturated carbocycles. The van der Waals surface area contributed by atoms with E-state index in [0.717, 1.165) is 5.57 Å². The Morgan fingerprint density at radius 3 is 2.62 bits per heavy atom. The quantitative estimate of drug-likeness (QED) is 0.605. The minimum atomic E-state index is -1.06. The third kappa shape index (κ3) is 2.76. The summed E-state index contributed by atoms with van der Waals surface area (Å²) in [5.41, 5.74) is 0.491. The van der Waals surface area contributed by atoms with Crippen LogP contribution in [0.15, 0.2) is 46.8 Å². The highest BCUT2D eigenvalue weighted by Crippen LogP contribution is 2.40. The zero-order valence-electron chi connectivity index (χ0n) is 12.6. The Labute approximate surface area is 124 Å². The molecule has 0 fully saturated rings. The number of hydrogen-bond acceptors (Lipinski definition) is 4. The van der Waals surface area contributed by atoms with E-state index in [9.17, 15) is 19.8 Å². The molecule has 0 heterocycles. The summed E-state index contributed by atoms with van der Waals surface area (Å²) in [5, 5.41) is 20.4. The first kappa shape index (κ1) is 15.4. The third-order valence-corrected chi connectivity index (χ3v) is 4.07. The molecule has 2 N–H and O–H groups in total. The van der Waals surface area contributed by atoms with Crippen molar-refractivity contribution in [1.82, 2.24) is 0 Å². The molecule has 4 heteroatoms. The van der Waals surface area contributed by atoms with Gasteiger partial charge < -0.3 is 10.2 Å². The van der Waals surface area contributed by atoms with Gasteiger partial charge in [0.15, 0.2) is 11.5 Å². The largest absolute Gasteiger partial charge is 0.504 e. The summed E-state index contributed by atoms with van der Waals surface area (Å²) in [5.74, 6) is -1.63. The normalized spacial score (nSPS) is 30.2. The first-order chi connectivity index (χ1) is 9.64. The van der Waals surface area contributed by atoms with Gasteiger partial charge in [-0.15, -0.1) is 0 Å². The Bertz CT molecular complexity index is 629. The fraction of sp³-hybridized carbons (Fsp3) is 0.412. The van der Waals surface area contributed by atoms with E-state index in [1.165, 1.54) is 13.0 Å². The summed E-state index contributed by atoms with van der Waals surface area (Å²) in [6.07, 6.45) is 3.96. The molecule has 112 valence electrons. The van der Waals surface area contributed by atoms with Gasteiger partial charge in [-0.1, -0.05) is 12.2 Å². The van der Waals surface area contributed by atoms with Crippen LogP contribution in [-0.4, -0.2) is 27.4 Å². The molecule has 0 aromatic carbocycles. The maximum absolute atomic E-state index is 12.2. The molecule has 0 aromatic heterocycles. The first-order valence-electron chi connectivity index (χ1n) is 6.95. The van der Waals surface area contributed by atoms with Crippen LogP contribution in [0.1, 0.15) is 33.6 Å². The van der Waals surface area contributed by atoms with Crippen molar-refractivity contribution >= 4 is 11.6 Å². The molecule has 0 spiro atoms. The Kier molecular flexibility index (Phi) is 3.76. The summed E-state index contributed by atoms with van der Waals surface area (Å²) >= 11 is 0. The standard InChI is InChI=1S/C17H20O4/c1-9(2)11-5-6-17(4,21)8-12(11)14-13(18)7-10(3)15(19)16(14)20/h7-8,11,20-21H,1,5-6H2,2-4H3. The zero-order valence-corrected chi connectivity index (χ0v) is 12.6. The lowest BCUT2D eigenvalue weighted by Gasteiger charge is -2.34. The minimum absolute atomic E-state index is 0.00132. The van der Waals surface area contributed by atoms with E-state index < -0.39 is 22.9 Å². The summed E-state index contributed by atoms with van der Waals surface area (Å²) in [4.78, 5) is 24.2. The van der Waals surface area contributed by atoms with Crippen molar-refractivity contribution < 1.29 is 19.8 Å². The van der Waals surface area contributed by atoms with Gasteiger partial charge in [0, 0.05) is 11.5 Å².